The van der Waals surface area contributed by atoms with Gasteiger partial charge >= 0.3 is 0 Å². The number of nitriles is 1. The highest BCUT2D eigenvalue weighted by atomic mass is 32.2. The molecule has 0 saturated carbocycles. The minimum Gasteiger partial charge on any atom is -0.229 e. The zero-order valence-corrected chi connectivity index (χ0v) is 11.8. The second-order valence-electron chi connectivity index (χ2n) is 3.87. The predicted molar refractivity (Wildman–Crippen MR) is 68.9 cm³/mol. The van der Waals surface area contributed by atoms with Gasteiger partial charge in [0.2, 0.25) is 20.0 Å². The molecule has 0 saturated heterocycles. The number of halogens is 1. The molecule has 10 heteroatoms. The van der Waals surface area contributed by atoms with Gasteiger partial charge in [0.1, 0.15) is 11.9 Å². The van der Waals surface area contributed by atoms with Crippen molar-refractivity contribution in [3.8, 4) is 6.07 Å². The predicted octanol–water partition coefficient (Wildman–Crippen LogP) is -0.346. The van der Waals surface area contributed by atoms with E-state index in [-0.39, 0.29) is 23.6 Å². The van der Waals surface area contributed by atoms with Crippen molar-refractivity contribution in [1.82, 2.24) is 4.72 Å². The maximum Gasteiger partial charge on any atom is 0.240 e. The van der Waals surface area contributed by atoms with Crippen LogP contribution >= 0.6 is 0 Å². The fourth-order valence-electron chi connectivity index (χ4n) is 1.32. The van der Waals surface area contributed by atoms with Crippen LogP contribution in [-0.4, -0.2) is 29.1 Å². The average molecular weight is 321 g/mol. The summed E-state index contributed by atoms with van der Waals surface area (Å²) in [4.78, 5) is -0.272. The van der Waals surface area contributed by atoms with Gasteiger partial charge in [0.05, 0.1) is 16.2 Å². The Morgan fingerprint density at radius 3 is 2.50 bits per heavy atom. The summed E-state index contributed by atoms with van der Waals surface area (Å²) in [6, 6.07) is 4.32. The number of hydrogen-bond acceptors (Lipinski definition) is 5. The van der Waals surface area contributed by atoms with Gasteiger partial charge in [0.25, 0.3) is 0 Å². The van der Waals surface area contributed by atoms with Crippen molar-refractivity contribution >= 4 is 20.0 Å². The van der Waals surface area contributed by atoms with Crippen LogP contribution in [0.2, 0.25) is 0 Å². The van der Waals surface area contributed by atoms with Crippen LogP contribution in [0.1, 0.15) is 12.0 Å². The lowest BCUT2D eigenvalue weighted by Crippen LogP contribution is -2.27. The van der Waals surface area contributed by atoms with E-state index in [1.165, 1.54) is 6.07 Å². The van der Waals surface area contributed by atoms with E-state index < -0.39 is 31.4 Å². The quantitative estimate of drug-likeness (QED) is 0.692. The largest absolute Gasteiger partial charge is 0.240 e. The fraction of sp³-hybridized carbons (Fsp3) is 0.300. The lowest BCUT2D eigenvalue weighted by atomic mass is 10.2. The van der Waals surface area contributed by atoms with Crippen LogP contribution in [0.3, 0.4) is 0 Å². The van der Waals surface area contributed by atoms with Gasteiger partial charge in [0.15, 0.2) is 0 Å². The van der Waals surface area contributed by atoms with Crippen molar-refractivity contribution in [1.29, 1.82) is 5.26 Å². The Morgan fingerprint density at radius 2 is 1.95 bits per heavy atom. The Balaban J connectivity index is 2.77. The third kappa shape index (κ3) is 4.86. The van der Waals surface area contributed by atoms with Gasteiger partial charge in [-0.15, -0.1) is 0 Å². The Kier molecular flexibility index (Phi) is 5.18. The topological polar surface area (TPSA) is 130 Å². The Morgan fingerprint density at radius 1 is 1.30 bits per heavy atom. The molecule has 1 rings (SSSR count). The molecule has 0 aromatic heterocycles. The number of nitrogens with zero attached hydrogens (tertiary/aromatic N) is 1. The number of hydrogen-bond donors (Lipinski definition) is 2. The Labute approximate surface area is 116 Å². The van der Waals surface area contributed by atoms with Gasteiger partial charge in [0, 0.05) is 6.54 Å². The highest BCUT2D eigenvalue weighted by molar-refractivity contribution is 7.89. The van der Waals surface area contributed by atoms with Crippen LogP contribution in [0.5, 0.6) is 0 Å². The van der Waals surface area contributed by atoms with E-state index in [2.05, 4.69) is 4.72 Å². The first-order valence-electron chi connectivity index (χ1n) is 5.35. The molecule has 0 aliphatic rings. The molecule has 7 nitrogen and oxygen atoms in total. The first-order valence-corrected chi connectivity index (χ1v) is 8.55. The van der Waals surface area contributed by atoms with Gasteiger partial charge in [-0.05, 0) is 24.6 Å². The van der Waals surface area contributed by atoms with E-state index in [4.69, 9.17) is 10.4 Å². The number of nitrogens with two attached hydrogens (primary N) is 1. The molecule has 3 N–H and O–H groups in total. The molecule has 0 heterocycles. The lowest BCUT2D eigenvalue weighted by Gasteiger charge is -2.06. The molecule has 110 valence electrons. The molecule has 0 bridgehead atoms. The van der Waals surface area contributed by atoms with Crippen molar-refractivity contribution in [3.63, 3.8) is 0 Å². The van der Waals surface area contributed by atoms with E-state index in [0.717, 1.165) is 18.2 Å². The second kappa shape index (κ2) is 6.27. The van der Waals surface area contributed by atoms with Crippen LogP contribution in [0.15, 0.2) is 23.1 Å². The molecular weight excluding hydrogens is 309 g/mol. The van der Waals surface area contributed by atoms with Crippen molar-refractivity contribution < 1.29 is 21.2 Å². The molecule has 1 aromatic carbocycles. The summed E-state index contributed by atoms with van der Waals surface area (Å²) in [5.74, 6) is -1.18. The Bertz CT molecular complexity index is 738. The van der Waals surface area contributed by atoms with Crippen LogP contribution in [0.25, 0.3) is 0 Å². The maximum atomic E-state index is 13.1. The Hall–Kier alpha value is -1.54. The minimum absolute atomic E-state index is 0.00433. The van der Waals surface area contributed by atoms with Crippen LogP contribution < -0.4 is 9.86 Å². The monoisotopic (exact) mass is 321 g/mol. The van der Waals surface area contributed by atoms with Crippen molar-refractivity contribution in [2.45, 2.75) is 11.3 Å². The summed E-state index contributed by atoms with van der Waals surface area (Å²) in [5, 5.41) is 13.4. The van der Waals surface area contributed by atoms with Gasteiger partial charge in [-0.1, -0.05) is 0 Å². The normalized spacial score (nSPS) is 12.1. The molecule has 0 spiro atoms. The molecule has 0 fully saturated rings. The molecule has 0 radical (unpaired) electrons. The highest BCUT2D eigenvalue weighted by Gasteiger charge is 2.16. The summed E-state index contributed by atoms with van der Waals surface area (Å²) in [7, 11) is -7.58. The zero-order chi connectivity index (χ0) is 15.4. The summed E-state index contributed by atoms with van der Waals surface area (Å²) >= 11 is 0. The molecule has 20 heavy (non-hydrogen) atoms. The highest BCUT2D eigenvalue weighted by Crippen LogP contribution is 2.14. The molecule has 1 aromatic rings. The molecule has 0 unspecified atom stereocenters. The van der Waals surface area contributed by atoms with Crippen molar-refractivity contribution in [2.75, 3.05) is 12.3 Å². The first kappa shape index (κ1) is 16.5. The number of nitrogens with one attached hydrogen (secondary N) is 1. The summed E-state index contributed by atoms with van der Waals surface area (Å²) in [6.07, 6.45) is 0.00433. The van der Waals surface area contributed by atoms with Crippen molar-refractivity contribution in [3.05, 3.63) is 29.6 Å². The van der Waals surface area contributed by atoms with Crippen LogP contribution in [0.4, 0.5) is 4.39 Å². The number of sulfonamides is 2. The summed E-state index contributed by atoms with van der Waals surface area (Å²) in [5.41, 5.74) is -0.391. The third-order valence-corrected chi connectivity index (χ3v) is 4.58. The smallest absolute Gasteiger partial charge is 0.229 e. The van der Waals surface area contributed by atoms with Crippen molar-refractivity contribution in [2.24, 2.45) is 5.14 Å². The molecule has 0 aliphatic carbocycles. The average Bonchev–Trinajstić information content (AvgIpc) is 2.34. The molecule has 0 aliphatic heterocycles. The maximum absolute atomic E-state index is 13.1. The third-order valence-electron chi connectivity index (χ3n) is 2.27. The first-order chi connectivity index (χ1) is 9.15. The molecule has 0 atom stereocenters. The number of benzene rings is 1. The fourth-order valence-corrected chi connectivity index (χ4v) is 2.97. The lowest BCUT2D eigenvalue weighted by molar-refractivity contribution is 0.575. The molecule has 0 amide bonds. The van der Waals surface area contributed by atoms with Gasteiger partial charge in [-0.2, -0.15) is 5.26 Å². The van der Waals surface area contributed by atoms with Gasteiger partial charge in [-0.25, -0.2) is 31.1 Å². The minimum atomic E-state index is -3.93. The summed E-state index contributed by atoms with van der Waals surface area (Å²) in [6.45, 7) is -0.141. The standard InChI is InChI=1S/C10H12FN3O4S2/c11-10-3-2-9(6-8(10)7-12)20(17,18)14-4-1-5-19(13,15)16/h2-3,6,14H,1,4-5H2,(H2,13,15,16). The van der Waals surface area contributed by atoms with E-state index in [9.17, 15) is 21.2 Å². The number of primary sulfonamides is 1. The SMILES string of the molecule is N#Cc1cc(S(=O)(=O)NCCCS(N)(=O)=O)ccc1F. The zero-order valence-electron chi connectivity index (χ0n) is 10.2. The van der Waals surface area contributed by atoms with Gasteiger partial charge in [-0.3, -0.25) is 0 Å². The summed E-state index contributed by atoms with van der Waals surface area (Å²) < 4.78 is 60.2. The molecular formula is C10H12FN3O4S2. The van der Waals surface area contributed by atoms with Crippen LogP contribution in [0, 0.1) is 17.1 Å². The second-order valence-corrected chi connectivity index (χ2v) is 7.37. The van der Waals surface area contributed by atoms with E-state index in [0.29, 0.717) is 0 Å². The number of rotatable bonds is 6. The van der Waals surface area contributed by atoms with Crippen LogP contribution in [-0.2, 0) is 20.0 Å². The van der Waals surface area contributed by atoms with E-state index >= 15 is 0 Å². The van der Waals surface area contributed by atoms with E-state index in [1.807, 2.05) is 0 Å². The van der Waals surface area contributed by atoms with E-state index in [1.54, 1.807) is 0 Å². The van der Waals surface area contributed by atoms with Gasteiger partial charge < -0.3 is 0 Å².